The normalized spacial score (nSPS) is 12.5. The van der Waals surface area contributed by atoms with Crippen molar-refractivity contribution < 1.29 is 9.90 Å². The summed E-state index contributed by atoms with van der Waals surface area (Å²) in [6.07, 6.45) is 1.09. The number of carbonyl (C=O) groups is 1. The Labute approximate surface area is 111 Å². The van der Waals surface area contributed by atoms with Gasteiger partial charge >= 0.3 is 5.97 Å². The Kier molecular flexibility index (Phi) is 3.69. The minimum Gasteiger partial charge on any atom is -0.481 e. The number of fused-ring (bicyclic) bond motifs is 1. The van der Waals surface area contributed by atoms with E-state index < -0.39 is 11.9 Å². The zero-order valence-electron chi connectivity index (χ0n) is 11.1. The van der Waals surface area contributed by atoms with Gasteiger partial charge in [0.25, 0.3) is 5.56 Å². The molecular formula is C15H17NO3. The van der Waals surface area contributed by atoms with Crippen LogP contribution >= 0.6 is 0 Å². The second-order valence-electron chi connectivity index (χ2n) is 4.80. The molecule has 2 aromatic rings. The number of carboxylic acids is 1. The smallest absolute Gasteiger partial charge is 0.306 e. The highest BCUT2D eigenvalue weighted by molar-refractivity contribution is 5.82. The van der Waals surface area contributed by atoms with Crippen LogP contribution in [0.1, 0.15) is 25.0 Å². The Morgan fingerprint density at radius 3 is 2.74 bits per heavy atom. The van der Waals surface area contributed by atoms with Crippen molar-refractivity contribution in [2.24, 2.45) is 5.92 Å². The zero-order chi connectivity index (χ0) is 14.0. The van der Waals surface area contributed by atoms with Gasteiger partial charge in [0.05, 0.1) is 11.4 Å². The summed E-state index contributed by atoms with van der Waals surface area (Å²) < 4.78 is 0. The molecule has 0 aliphatic heterocycles. The van der Waals surface area contributed by atoms with Crippen LogP contribution in [0, 0.1) is 5.92 Å². The molecule has 1 aromatic heterocycles. The number of aromatic nitrogens is 1. The summed E-state index contributed by atoms with van der Waals surface area (Å²) in [6, 6.07) is 7.66. The maximum absolute atomic E-state index is 12.0. The summed E-state index contributed by atoms with van der Waals surface area (Å²) in [5.41, 5.74) is 2.27. The van der Waals surface area contributed by atoms with Gasteiger partial charge in [-0.05, 0) is 29.9 Å². The monoisotopic (exact) mass is 259 g/mol. The number of nitrogens with one attached hydrogen (secondary N) is 1. The third-order valence-electron chi connectivity index (χ3n) is 3.37. The number of rotatable bonds is 4. The van der Waals surface area contributed by atoms with E-state index in [9.17, 15) is 9.59 Å². The molecule has 2 rings (SSSR count). The molecule has 0 amide bonds. The molecule has 1 heterocycles. The fourth-order valence-corrected chi connectivity index (χ4v) is 2.20. The first kappa shape index (κ1) is 13.3. The second kappa shape index (κ2) is 5.26. The lowest BCUT2D eigenvalue weighted by Crippen LogP contribution is -2.19. The van der Waals surface area contributed by atoms with Crippen molar-refractivity contribution >= 4 is 16.9 Å². The molecule has 100 valence electrons. The molecule has 0 spiro atoms. The van der Waals surface area contributed by atoms with Crippen LogP contribution in [0.25, 0.3) is 10.9 Å². The Balaban J connectivity index is 2.51. The van der Waals surface area contributed by atoms with Crippen LogP contribution in [0.4, 0.5) is 0 Å². The Morgan fingerprint density at radius 1 is 1.37 bits per heavy atom. The average Bonchev–Trinajstić information content (AvgIpc) is 2.38. The molecule has 0 aliphatic rings. The Morgan fingerprint density at radius 2 is 2.11 bits per heavy atom. The standard InChI is InChI=1S/C15H17NO3/c1-3-10-5-4-6-11-8-12(7-9(2)15(18)19)14(17)16-13(10)11/h4-6,8-9H,3,7H2,1-2H3,(H,16,17)(H,18,19). The van der Waals surface area contributed by atoms with Gasteiger partial charge in [-0.1, -0.05) is 32.0 Å². The fourth-order valence-electron chi connectivity index (χ4n) is 2.20. The average molecular weight is 259 g/mol. The number of hydrogen-bond donors (Lipinski definition) is 2. The van der Waals surface area contributed by atoms with E-state index in [2.05, 4.69) is 4.98 Å². The number of aliphatic carboxylic acids is 1. The van der Waals surface area contributed by atoms with Crippen molar-refractivity contribution in [1.29, 1.82) is 0 Å². The number of hydrogen-bond acceptors (Lipinski definition) is 2. The van der Waals surface area contributed by atoms with Crippen LogP contribution in [-0.2, 0) is 17.6 Å². The second-order valence-corrected chi connectivity index (χ2v) is 4.80. The first-order chi connectivity index (χ1) is 9.02. The van der Waals surface area contributed by atoms with E-state index in [-0.39, 0.29) is 12.0 Å². The predicted octanol–water partition coefficient (Wildman–Crippen LogP) is 2.35. The number of benzene rings is 1. The molecule has 1 unspecified atom stereocenters. The molecule has 1 atom stereocenters. The minimum absolute atomic E-state index is 0.193. The van der Waals surface area contributed by atoms with E-state index in [0.717, 1.165) is 22.9 Å². The summed E-state index contributed by atoms with van der Waals surface area (Å²) in [4.78, 5) is 25.8. The summed E-state index contributed by atoms with van der Waals surface area (Å²) >= 11 is 0. The van der Waals surface area contributed by atoms with Crippen LogP contribution in [-0.4, -0.2) is 16.1 Å². The number of H-pyrrole nitrogens is 1. The third-order valence-corrected chi connectivity index (χ3v) is 3.37. The maximum atomic E-state index is 12.0. The number of para-hydroxylation sites is 1. The highest BCUT2D eigenvalue weighted by Crippen LogP contribution is 2.17. The fraction of sp³-hybridized carbons (Fsp3) is 0.333. The molecule has 1 aromatic carbocycles. The lowest BCUT2D eigenvalue weighted by atomic mass is 10.00. The van der Waals surface area contributed by atoms with Crippen molar-refractivity contribution in [3.63, 3.8) is 0 Å². The molecule has 0 saturated heterocycles. The van der Waals surface area contributed by atoms with Crippen molar-refractivity contribution in [2.45, 2.75) is 26.7 Å². The first-order valence-electron chi connectivity index (χ1n) is 6.39. The van der Waals surface area contributed by atoms with E-state index >= 15 is 0 Å². The van der Waals surface area contributed by atoms with E-state index in [1.165, 1.54) is 0 Å². The Hall–Kier alpha value is -2.10. The van der Waals surface area contributed by atoms with Gasteiger partial charge in [0.1, 0.15) is 0 Å². The van der Waals surface area contributed by atoms with E-state index in [4.69, 9.17) is 5.11 Å². The number of aromatic amines is 1. The largest absolute Gasteiger partial charge is 0.481 e. The van der Waals surface area contributed by atoms with Gasteiger partial charge in [-0.2, -0.15) is 0 Å². The van der Waals surface area contributed by atoms with Gasteiger partial charge in [-0.25, -0.2) is 0 Å². The van der Waals surface area contributed by atoms with Gasteiger partial charge in [0.2, 0.25) is 0 Å². The van der Waals surface area contributed by atoms with Gasteiger partial charge in [0, 0.05) is 5.56 Å². The van der Waals surface area contributed by atoms with Crippen LogP contribution in [0.5, 0.6) is 0 Å². The van der Waals surface area contributed by atoms with Crippen molar-refractivity contribution in [3.05, 3.63) is 45.7 Å². The number of pyridine rings is 1. The molecule has 0 saturated carbocycles. The molecule has 0 radical (unpaired) electrons. The highest BCUT2D eigenvalue weighted by Gasteiger charge is 2.14. The molecule has 0 fully saturated rings. The summed E-state index contributed by atoms with van der Waals surface area (Å²) in [5.74, 6) is -1.45. The summed E-state index contributed by atoms with van der Waals surface area (Å²) in [7, 11) is 0. The van der Waals surface area contributed by atoms with Crippen molar-refractivity contribution in [1.82, 2.24) is 4.98 Å². The van der Waals surface area contributed by atoms with Crippen LogP contribution < -0.4 is 5.56 Å². The highest BCUT2D eigenvalue weighted by atomic mass is 16.4. The molecule has 0 aliphatic carbocycles. The topological polar surface area (TPSA) is 70.2 Å². The zero-order valence-corrected chi connectivity index (χ0v) is 11.1. The SMILES string of the molecule is CCc1cccc2cc(CC(C)C(=O)O)c(=O)[nH]c12. The van der Waals surface area contributed by atoms with E-state index in [1.54, 1.807) is 13.0 Å². The summed E-state index contributed by atoms with van der Waals surface area (Å²) in [5, 5.41) is 9.87. The lowest BCUT2D eigenvalue weighted by Gasteiger charge is -2.08. The molecule has 19 heavy (non-hydrogen) atoms. The lowest BCUT2D eigenvalue weighted by molar-refractivity contribution is -0.141. The van der Waals surface area contributed by atoms with E-state index in [1.807, 2.05) is 25.1 Å². The van der Waals surface area contributed by atoms with Gasteiger partial charge in [-0.3, -0.25) is 9.59 Å². The third kappa shape index (κ3) is 2.67. The van der Waals surface area contributed by atoms with Gasteiger partial charge < -0.3 is 10.1 Å². The number of aryl methyl sites for hydroxylation is 1. The van der Waals surface area contributed by atoms with Crippen molar-refractivity contribution in [2.75, 3.05) is 0 Å². The van der Waals surface area contributed by atoms with Gasteiger partial charge in [0.15, 0.2) is 0 Å². The van der Waals surface area contributed by atoms with Crippen LogP contribution in [0.2, 0.25) is 0 Å². The molecule has 0 bridgehead atoms. The molecule has 4 heteroatoms. The first-order valence-corrected chi connectivity index (χ1v) is 6.39. The summed E-state index contributed by atoms with van der Waals surface area (Å²) in [6.45, 7) is 3.64. The number of carboxylic acid groups (broad SMARTS) is 1. The predicted molar refractivity (Wildman–Crippen MR) is 74.5 cm³/mol. The van der Waals surface area contributed by atoms with Crippen LogP contribution in [0.3, 0.4) is 0 Å². The van der Waals surface area contributed by atoms with Crippen molar-refractivity contribution in [3.8, 4) is 0 Å². The molecule has 2 N–H and O–H groups in total. The molecular weight excluding hydrogens is 242 g/mol. The van der Waals surface area contributed by atoms with E-state index in [0.29, 0.717) is 5.56 Å². The van der Waals surface area contributed by atoms with Crippen LogP contribution in [0.15, 0.2) is 29.1 Å². The minimum atomic E-state index is -0.887. The van der Waals surface area contributed by atoms with Gasteiger partial charge in [-0.15, -0.1) is 0 Å². The Bertz CT molecular complexity index is 673. The maximum Gasteiger partial charge on any atom is 0.306 e. The quantitative estimate of drug-likeness (QED) is 0.885. The molecule has 4 nitrogen and oxygen atoms in total.